The molecule has 0 amide bonds. The van der Waals surface area contributed by atoms with Crippen molar-refractivity contribution in [1.29, 1.82) is 0 Å². The summed E-state index contributed by atoms with van der Waals surface area (Å²) in [4.78, 5) is 4.77. The van der Waals surface area contributed by atoms with Gasteiger partial charge in [0.2, 0.25) is 0 Å². The van der Waals surface area contributed by atoms with Gasteiger partial charge >= 0.3 is 0 Å². The normalized spacial score (nSPS) is 11.3. The van der Waals surface area contributed by atoms with Gasteiger partial charge in [-0.15, -0.1) is 0 Å². The van der Waals surface area contributed by atoms with Crippen molar-refractivity contribution in [3.8, 4) is 17.2 Å². The number of nitrogens with one attached hydrogen (secondary N) is 2. The SMILES string of the molecule is CCNC(=NCc1ccccc1-n1ccc(C)n1)Nc1ccc(OCC)c(OC)c1. The predicted octanol–water partition coefficient (Wildman–Crippen LogP) is 4.17. The van der Waals surface area contributed by atoms with Crippen molar-refractivity contribution >= 4 is 11.6 Å². The van der Waals surface area contributed by atoms with Crippen LogP contribution in [0.15, 0.2) is 59.7 Å². The quantitative estimate of drug-likeness (QED) is 0.433. The number of nitrogens with zero attached hydrogens (tertiary/aromatic N) is 3. The molecule has 3 rings (SSSR count). The zero-order chi connectivity index (χ0) is 21.3. The number of ether oxygens (including phenoxy) is 2. The first kappa shape index (κ1) is 21.2. The Bertz CT molecular complexity index is 997. The summed E-state index contributed by atoms with van der Waals surface area (Å²) >= 11 is 0. The summed E-state index contributed by atoms with van der Waals surface area (Å²) in [6.45, 7) is 7.82. The van der Waals surface area contributed by atoms with E-state index in [4.69, 9.17) is 14.5 Å². The van der Waals surface area contributed by atoms with Crippen LogP contribution in [0.5, 0.6) is 11.5 Å². The van der Waals surface area contributed by atoms with Crippen molar-refractivity contribution in [2.24, 2.45) is 4.99 Å². The van der Waals surface area contributed by atoms with Crippen molar-refractivity contribution in [3.63, 3.8) is 0 Å². The molecule has 0 saturated carbocycles. The highest BCUT2D eigenvalue weighted by molar-refractivity contribution is 5.94. The van der Waals surface area contributed by atoms with Gasteiger partial charge in [-0.1, -0.05) is 18.2 Å². The van der Waals surface area contributed by atoms with Gasteiger partial charge < -0.3 is 20.1 Å². The lowest BCUT2D eigenvalue weighted by Gasteiger charge is -2.15. The van der Waals surface area contributed by atoms with Gasteiger partial charge in [0, 0.05) is 24.5 Å². The number of guanidine groups is 1. The molecule has 1 aromatic heterocycles. The zero-order valence-corrected chi connectivity index (χ0v) is 18.0. The molecule has 0 aliphatic carbocycles. The van der Waals surface area contributed by atoms with Crippen molar-refractivity contribution < 1.29 is 9.47 Å². The van der Waals surface area contributed by atoms with Crippen LogP contribution < -0.4 is 20.1 Å². The van der Waals surface area contributed by atoms with Crippen LogP contribution in [0.25, 0.3) is 5.69 Å². The van der Waals surface area contributed by atoms with Crippen LogP contribution in [-0.2, 0) is 6.54 Å². The van der Waals surface area contributed by atoms with E-state index >= 15 is 0 Å². The average molecular weight is 408 g/mol. The molecule has 0 fully saturated rings. The second kappa shape index (κ2) is 10.3. The smallest absolute Gasteiger partial charge is 0.196 e. The van der Waals surface area contributed by atoms with Crippen LogP contribution >= 0.6 is 0 Å². The average Bonchev–Trinajstić information content (AvgIpc) is 3.19. The highest BCUT2D eigenvalue weighted by Gasteiger charge is 2.08. The van der Waals surface area contributed by atoms with Crippen molar-refractivity contribution in [2.45, 2.75) is 27.3 Å². The number of hydrogen-bond acceptors (Lipinski definition) is 4. The predicted molar refractivity (Wildman–Crippen MR) is 121 cm³/mol. The van der Waals surface area contributed by atoms with Gasteiger partial charge in [0.15, 0.2) is 17.5 Å². The second-order valence-electron chi connectivity index (χ2n) is 6.65. The van der Waals surface area contributed by atoms with Crippen LogP contribution in [0.2, 0.25) is 0 Å². The van der Waals surface area contributed by atoms with Crippen molar-refractivity contribution in [3.05, 3.63) is 66.0 Å². The minimum Gasteiger partial charge on any atom is -0.493 e. The summed E-state index contributed by atoms with van der Waals surface area (Å²) in [6, 6.07) is 15.9. The molecule has 30 heavy (non-hydrogen) atoms. The Morgan fingerprint density at radius 2 is 1.93 bits per heavy atom. The molecule has 7 nitrogen and oxygen atoms in total. The first-order chi connectivity index (χ1) is 14.6. The van der Waals surface area contributed by atoms with Crippen LogP contribution in [-0.4, -0.2) is 36.0 Å². The Labute approximate surface area is 177 Å². The monoisotopic (exact) mass is 407 g/mol. The van der Waals surface area contributed by atoms with Crippen LogP contribution in [0, 0.1) is 6.92 Å². The summed E-state index contributed by atoms with van der Waals surface area (Å²) in [5.41, 5.74) is 3.95. The maximum Gasteiger partial charge on any atom is 0.196 e. The van der Waals surface area contributed by atoms with Gasteiger partial charge in [0.1, 0.15) is 0 Å². The maximum atomic E-state index is 5.59. The van der Waals surface area contributed by atoms with Gasteiger partial charge in [-0.05, 0) is 50.6 Å². The van der Waals surface area contributed by atoms with E-state index < -0.39 is 0 Å². The lowest BCUT2D eigenvalue weighted by molar-refractivity contribution is 0.311. The Kier molecular flexibility index (Phi) is 7.32. The number of rotatable bonds is 8. The molecule has 0 spiro atoms. The molecule has 7 heteroatoms. The molecule has 3 aromatic rings. The molecule has 2 aromatic carbocycles. The third kappa shape index (κ3) is 5.31. The first-order valence-electron chi connectivity index (χ1n) is 10.1. The lowest BCUT2D eigenvalue weighted by Crippen LogP contribution is -2.30. The fourth-order valence-corrected chi connectivity index (χ4v) is 3.05. The Hall–Kier alpha value is -3.48. The van der Waals surface area contributed by atoms with E-state index in [1.807, 2.05) is 68.0 Å². The summed E-state index contributed by atoms with van der Waals surface area (Å²) in [7, 11) is 1.63. The highest BCUT2D eigenvalue weighted by Crippen LogP contribution is 2.30. The van der Waals surface area contributed by atoms with Gasteiger partial charge in [0.05, 0.1) is 31.6 Å². The molecule has 1 heterocycles. The number of methoxy groups -OCH3 is 1. The number of anilines is 1. The number of aliphatic imine (C=N–C) groups is 1. The number of hydrogen-bond donors (Lipinski definition) is 2. The van der Waals surface area contributed by atoms with Crippen LogP contribution in [0.3, 0.4) is 0 Å². The van der Waals surface area contributed by atoms with E-state index in [1.165, 1.54) is 0 Å². The molecule has 0 unspecified atom stereocenters. The summed E-state index contributed by atoms with van der Waals surface area (Å²) in [5, 5.41) is 11.2. The zero-order valence-electron chi connectivity index (χ0n) is 18.0. The molecule has 0 aliphatic heterocycles. The molecule has 2 N–H and O–H groups in total. The third-order valence-electron chi connectivity index (χ3n) is 4.44. The number of aromatic nitrogens is 2. The fourth-order valence-electron chi connectivity index (χ4n) is 3.05. The first-order valence-corrected chi connectivity index (χ1v) is 10.1. The van der Waals surface area contributed by atoms with E-state index in [0.717, 1.165) is 34.9 Å². The number of para-hydroxylation sites is 1. The summed E-state index contributed by atoms with van der Waals surface area (Å²) < 4.78 is 12.9. The molecule has 0 saturated heterocycles. The number of aryl methyl sites for hydroxylation is 1. The van der Waals surface area contributed by atoms with Crippen LogP contribution in [0.1, 0.15) is 25.1 Å². The van der Waals surface area contributed by atoms with E-state index in [2.05, 4.69) is 27.9 Å². The Balaban J connectivity index is 1.81. The number of benzene rings is 2. The third-order valence-corrected chi connectivity index (χ3v) is 4.44. The van der Waals surface area contributed by atoms with Gasteiger partial charge in [0.25, 0.3) is 0 Å². The van der Waals surface area contributed by atoms with Crippen molar-refractivity contribution in [2.75, 3.05) is 25.6 Å². The summed E-state index contributed by atoms with van der Waals surface area (Å²) in [5.74, 6) is 2.09. The molecular formula is C23H29N5O2. The largest absolute Gasteiger partial charge is 0.493 e. The van der Waals surface area contributed by atoms with Gasteiger partial charge in [-0.3, -0.25) is 0 Å². The van der Waals surface area contributed by atoms with E-state index in [9.17, 15) is 0 Å². The van der Waals surface area contributed by atoms with Gasteiger partial charge in [-0.2, -0.15) is 5.10 Å². The minimum absolute atomic E-state index is 0.512. The van der Waals surface area contributed by atoms with E-state index in [-0.39, 0.29) is 0 Å². The molecular weight excluding hydrogens is 378 g/mol. The van der Waals surface area contributed by atoms with E-state index in [0.29, 0.717) is 24.9 Å². The molecule has 0 atom stereocenters. The molecule has 0 bridgehead atoms. The minimum atomic E-state index is 0.512. The summed E-state index contributed by atoms with van der Waals surface area (Å²) in [6.07, 6.45) is 1.97. The standard InChI is InChI=1S/C23H29N5O2/c1-5-24-23(26-19-11-12-21(30-6-2)22(15-19)29-4)25-16-18-9-7-8-10-20(18)28-14-13-17(3)27-28/h7-15H,5-6,16H2,1-4H3,(H2,24,25,26). The molecule has 0 radical (unpaired) electrons. The van der Waals surface area contributed by atoms with Crippen LogP contribution in [0.4, 0.5) is 5.69 Å². The molecule has 0 aliphatic rings. The topological polar surface area (TPSA) is 72.7 Å². The van der Waals surface area contributed by atoms with Gasteiger partial charge in [-0.25, -0.2) is 9.67 Å². The maximum absolute atomic E-state index is 5.59. The second-order valence-corrected chi connectivity index (χ2v) is 6.65. The fraction of sp³-hybridized carbons (Fsp3) is 0.304. The lowest BCUT2D eigenvalue weighted by atomic mass is 10.2. The Morgan fingerprint density at radius 1 is 1.10 bits per heavy atom. The molecule has 158 valence electrons. The van der Waals surface area contributed by atoms with Crippen molar-refractivity contribution in [1.82, 2.24) is 15.1 Å². The Morgan fingerprint density at radius 3 is 2.63 bits per heavy atom. The highest BCUT2D eigenvalue weighted by atomic mass is 16.5. The van der Waals surface area contributed by atoms with E-state index in [1.54, 1.807) is 7.11 Å².